The lowest BCUT2D eigenvalue weighted by Crippen LogP contribution is -2.41. The van der Waals surface area contributed by atoms with Gasteiger partial charge in [0.1, 0.15) is 0 Å². The molecule has 4 nitrogen and oxygen atoms in total. The highest BCUT2D eigenvalue weighted by Gasteiger charge is 2.31. The van der Waals surface area contributed by atoms with E-state index in [1.807, 2.05) is 47.8 Å². The standard InChI is InChI=1S/C19H19N3OS/c20-11-17(12-7-8-12)22-19(23)14-10-16(18-6-3-9-24-18)21-15-5-2-1-4-13(14)15/h1-6,9-10,12,17H,7-8,11,20H2,(H,22,23). The van der Waals surface area contributed by atoms with Crippen LogP contribution in [0.1, 0.15) is 23.2 Å². The van der Waals surface area contributed by atoms with Gasteiger partial charge in [-0.3, -0.25) is 4.79 Å². The fraction of sp³-hybridized carbons (Fsp3) is 0.263. The van der Waals surface area contributed by atoms with E-state index in [1.54, 1.807) is 11.3 Å². The minimum atomic E-state index is -0.0613. The van der Waals surface area contributed by atoms with Crippen LogP contribution in [0.3, 0.4) is 0 Å². The van der Waals surface area contributed by atoms with Crippen LogP contribution in [0.5, 0.6) is 0 Å². The van der Waals surface area contributed by atoms with Crippen LogP contribution in [0.4, 0.5) is 0 Å². The van der Waals surface area contributed by atoms with E-state index >= 15 is 0 Å². The number of fused-ring (bicyclic) bond motifs is 1. The molecule has 24 heavy (non-hydrogen) atoms. The van der Waals surface area contributed by atoms with E-state index in [0.29, 0.717) is 18.0 Å². The predicted molar refractivity (Wildman–Crippen MR) is 98.1 cm³/mol. The number of nitrogens with two attached hydrogens (primary N) is 1. The monoisotopic (exact) mass is 337 g/mol. The van der Waals surface area contributed by atoms with Gasteiger partial charge in [0, 0.05) is 18.0 Å². The van der Waals surface area contributed by atoms with Crippen molar-refractivity contribution in [3.8, 4) is 10.6 Å². The predicted octanol–water partition coefficient (Wildman–Crippen LogP) is 3.43. The van der Waals surface area contributed by atoms with Crippen molar-refractivity contribution in [3.63, 3.8) is 0 Å². The number of nitrogens with one attached hydrogen (secondary N) is 1. The van der Waals surface area contributed by atoms with Gasteiger partial charge in [0.05, 0.1) is 21.7 Å². The number of carbonyl (C=O) groups excluding carboxylic acids is 1. The molecule has 3 aromatic rings. The van der Waals surface area contributed by atoms with Crippen molar-refractivity contribution in [1.82, 2.24) is 10.3 Å². The number of amides is 1. The van der Waals surface area contributed by atoms with Crippen LogP contribution < -0.4 is 11.1 Å². The molecule has 0 bridgehead atoms. The molecule has 1 fully saturated rings. The first-order valence-electron chi connectivity index (χ1n) is 8.21. The molecule has 3 N–H and O–H groups in total. The van der Waals surface area contributed by atoms with Gasteiger partial charge in [0.15, 0.2) is 0 Å². The van der Waals surface area contributed by atoms with Crippen molar-refractivity contribution in [2.75, 3.05) is 6.54 Å². The molecule has 0 radical (unpaired) electrons. The average molecular weight is 337 g/mol. The van der Waals surface area contributed by atoms with E-state index in [9.17, 15) is 4.79 Å². The van der Waals surface area contributed by atoms with Gasteiger partial charge in [0.25, 0.3) is 5.91 Å². The Balaban J connectivity index is 1.76. The van der Waals surface area contributed by atoms with E-state index in [1.165, 1.54) is 0 Å². The summed E-state index contributed by atoms with van der Waals surface area (Å²) in [5.41, 5.74) is 8.18. The average Bonchev–Trinajstić information content (AvgIpc) is 3.31. The molecule has 0 spiro atoms. The second kappa shape index (κ2) is 6.34. The lowest BCUT2D eigenvalue weighted by Gasteiger charge is -2.17. The Labute approximate surface area is 144 Å². The number of rotatable bonds is 5. The van der Waals surface area contributed by atoms with Crippen LogP contribution in [0.2, 0.25) is 0 Å². The third-order valence-electron chi connectivity index (χ3n) is 4.50. The highest BCUT2D eigenvalue weighted by molar-refractivity contribution is 7.13. The number of nitrogens with zero attached hydrogens (tertiary/aromatic N) is 1. The summed E-state index contributed by atoms with van der Waals surface area (Å²) < 4.78 is 0. The van der Waals surface area contributed by atoms with E-state index < -0.39 is 0 Å². The number of para-hydroxylation sites is 1. The Morgan fingerprint density at radius 3 is 2.83 bits per heavy atom. The van der Waals surface area contributed by atoms with E-state index in [2.05, 4.69) is 5.32 Å². The molecule has 5 heteroatoms. The van der Waals surface area contributed by atoms with Gasteiger partial charge in [0.2, 0.25) is 0 Å². The van der Waals surface area contributed by atoms with Gasteiger partial charge < -0.3 is 11.1 Å². The molecular formula is C19H19N3OS. The number of benzene rings is 1. The van der Waals surface area contributed by atoms with E-state index in [-0.39, 0.29) is 11.9 Å². The third kappa shape index (κ3) is 2.92. The molecule has 0 saturated heterocycles. The summed E-state index contributed by atoms with van der Waals surface area (Å²) in [5.74, 6) is 0.470. The second-order valence-corrected chi connectivity index (χ2v) is 7.15. The van der Waals surface area contributed by atoms with Crippen LogP contribution in [0, 0.1) is 5.92 Å². The normalized spacial score (nSPS) is 15.4. The van der Waals surface area contributed by atoms with Crippen molar-refractivity contribution >= 4 is 28.1 Å². The maximum Gasteiger partial charge on any atom is 0.252 e. The van der Waals surface area contributed by atoms with Gasteiger partial charge >= 0.3 is 0 Å². The number of carbonyl (C=O) groups is 1. The van der Waals surface area contributed by atoms with Crippen molar-refractivity contribution < 1.29 is 4.79 Å². The van der Waals surface area contributed by atoms with E-state index in [0.717, 1.165) is 34.3 Å². The highest BCUT2D eigenvalue weighted by atomic mass is 32.1. The Hall–Kier alpha value is -2.24. The third-order valence-corrected chi connectivity index (χ3v) is 5.39. The number of thiophene rings is 1. The summed E-state index contributed by atoms with van der Waals surface area (Å²) >= 11 is 1.62. The summed E-state index contributed by atoms with van der Waals surface area (Å²) in [6, 6.07) is 13.8. The van der Waals surface area contributed by atoms with Gasteiger partial charge in [-0.05, 0) is 42.3 Å². The van der Waals surface area contributed by atoms with E-state index in [4.69, 9.17) is 10.7 Å². The lowest BCUT2D eigenvalue weighted by molar-refractivity contribution is 0.0935. The maximum absolute atomic E-state index is 12.9. The molecule has 2 aromatic heterocycles. The highest BCUT2D eigenvalue weighted by Crippen LogP contribution is 2.33. The van der Waals surface area contributed by atoms with Gasteiger partial charge in [-0.1, -0.05) is 24.3 Å². The molecule has 1 atom stereocenters. The molecule has 0 aliphatic heterocycles. The Kier molecular flexibility index (Phi) is 4.04. The van der Waals surface area contributed by atoms with Gasteiger partial charge in [-0.25, -0.2) is 4.98 Å². The minimum Gasteiger partial charge on any atom is -0.348 e. The van der Waals surface area contributed by atoms with Crippen molar-refractivity contribution in [1.29, 1.82) is 0 Å². The molecule has 122 valence electrons. The first-order valence-corrected chi connectivity index (χ1v) is 9.09. The number of pyridine rings is 1. The lowest BCUT2D eigenvalue weighted by atomic mass is 10.1. The van der Waals surface area contributed by atoms with Crippen molar-refractivity contribution in [2.45, 2.75) is 18.9 Å². The largest absolute Gasteiger partial charge is 0.348 e. The van der Waals surface area contributed by atoms with Gasteiger partial charge in [-0.2, -0.15) is 0 Å². The number of aromatic nitrogens is 1. The Bertz CT molecular complexity index is 871. The van der Waals surface area contributed by atoms with Crippen LogP contribution >= 0.6 is 11.3 Å². The topological polar surface area (TPSA) is 68.0 Å². The van der Waals surface area contributed by atoms with Crippen LogP contribution in [0.15, 0.2) is 47.8 Å². The van der Waals surface area contributed by atoms with Crippen LogP contribution in [0.25, 0.3) is 21.5 Å². The SMILES string of the molecule is NCC(NC(=O)c1cc(-c2cccs2)nc2ccccc12)C1CC1. The first kappa shape index (κ1) is 15.3. The molecule has 1 amide bonds. The summed E-state index contributed by atoms with van der Waals surface area (Å²) in [6.45, 7) is 0.483. The summed E-state index contributed by atoms with van der Waals surface area (Å²) in [4.78, 5) is 18.7. The summed E-state index contributed by atoms with van der Waals surface area (Å²) in [7, 11) is 0. The molecule has 1 saturated carbocycles. The quantitative estimate of drug-likeness (QED) is 0.749. The molecule has 2 heterocycles. The smallest absolute Gasteiger partial charge is 0.252 e. The second-order valence-electron chi connectivity index (χ2n) is 6.20. The van der Waals surface area contributed by atoms with Crippen LogP contribution in [-0.4, -0.2) is 23.5 Å². The molecule has 4 rings (SSSR count). The van der Waals surface area contributed by atoms with Crippen LogP contribution in [-0.2, 0) is 0 Å². The molecule has 1 aromatic carbocycles. The minimum absolute atomic E-state index is 0.0613. The zero-order valence-electron chi connectivity index (χ0n) is 13.2. The molecule has 1 aliphatic rings. The zero-order chi connectivity index (χ0) is 16.5. The van der Waals surface area contributed by atoms with Crippen molar-refractivity contribution in [3.05, 3.63) is 53.4 Å². The molecule has 1 aliphatic carbocycles. The zero-order valence-corrected chi connectivity index (χ0v) is 14.1. The first-order chi connectivity index (χ1) is 11.8. The van der Waals surface area contributed by atoms with Gasteiger partial charge in [-0.15, -0.1) is 11.3 Å². The van der Waals surface area contributed by atoms with Crippen molar-refractivity contribution in [2.24, 2.45) is 11.7 Å². The Morgan fingerprint density at radius 2 is 2.12 bits per heavy atom. The fourth-order valence-corrected chi connectivity index (χ4v) is 3.71. The Morgan fingerprint density at radius 1 is 1.29 bits per heavy atom. The number of hydrogen-bond acceptors (Lipinski definition) is 4. The molecule has 1 unspecified atom stereocenters. The number of hydrogen-bond donors (Lipinski definition) is 2. The summed E-state index contributed by atoms with van der Waals surface area (Å²) in [5, 5.41) is 6.02. The fourth-order valence-electron chi connectivity index (χ4n) is 3.03. The summed E-state index contributed by atoms with van der Waals surface area (Å²) in [6.07, 6.45) is 2.30. The maximum atomic E-state index is 12.9. The molecular weight excluding hydrogens is 318 g/mol.